The molecule has 0 saturated carbocycles. The third-order valence-electron chi connectivity index (χ3n) is 3.59. The molecule has 1 N–H and O–H groups in total. The molecule has 0 radical (unpaired) electrons. The zero-order valence-corrected chi connectivity index (χ0v) is 11.9. The van der Waals surface area contributed by atoms with Gasteiger partial charge in [0.05, 0.1) is 16.7 Å². The Labute approximate surface area is 134 Å². The van der Waals surface area contributed by atoms with Crippen molar-refractivity contribution >= 4 is 30.0 Å². The van der Waals surface area contributed by atoms with Gasteiger partial charge in [0.15, 0.2) is 12.1 Å². The number of ketones is 1. The molecule has 1 aliphatic rings. The van der Waals surface area contributed by atoms with E-state index in [0.717, 1.165) is 0 Å². The van der Waals surface area contributed by atoms with Crippen LogP contribution in [0.25, 0.3) is 0 Å². The first-order valence-corrected chi connectivity index (χ1v) is 6.70. The van der Waals surface area contributed by atoms with Crippen molar-refractivity contribution < 1.29 is 33.8 Å². The zero-order chi connectivity index (χ0) is 17.4. The Hall–Kier alpha value is -3.61. The highest BCUT2D eigenvalue weighted by molar-refractivity contribution is 6.19. The fourth-order valence-corrected chi connectivity index (χ4v) is 2.48. The monoisotopic (exact) mass is 324 g/mol. The molecule has 7 nitrogen and oxygen atoms in total. The van der Waals surface area contributed by atoms with Crippen LogP contribution in [0.1, 0.15) is 57.4 Å². The number of rotatable bonds is 4. The number of carboxylic acid groups (broad SMARTS) is 1. The van der Waals surface area contributed by atoms with Gasteiger partial charge in [-0.3, -0.25) is 9.59 Å². The quantitative estimate of drug-likeness (QED) is 0.394. The number of cyclic esters (lactones) is 2. The number of hydrogen-bond donors (Lipinski definition) is 1. The number of aromatic carboxylic acids is 1. The van der Waals surface area contributed by atoms with E-state index in [1.165, 1.54) is 36.4 Å². The lowest BCUT2D eigenvalue weighted by Gasteiger charge is -2.08. The standard InChI is InChI=1S/C17H8O7/c18-7-9-2-1-3-11(13(9)15(20)21)14(19)8-4-5-10-12(6-8)17(23)24-16(10)22/h1-7H,(H,20,21). The molecule has 0 aliphatic carbocycles. The molecule has 0 unspecified atom stereocenters. The average Bonchev–Trinajstić information content (AvgIpc) is 2.87. The highest BCUT2D eigenvalue weighted by atomic mass is 16.6. The number of ether oxygens (including phenoxy) is 1. The van der Waals surface area contributed by atoms with Crippen LogP contribution < -0.4 is 0 Å². The fourth-order valence-electron chi connectivity index (χ4n) is 2.48. The number of benzene rings is 2. The molecule has 0 atom stereocenters. The number of carboxylic acids is 1. The molecule has 0 amide bonds. The second kappa shape index (κ2) is 5.54. The van der Waals surface area contributed by atoms with E-state index < -0.39 is 29.3 Å². The smallest absolute Gasteiger partial charge is 0.346 e. The van der Waals surface area contributed by atoms with Crippen molar-refractivity contribution in [2.75, 3.05) is 0 Å². The van der Waals surface area contributed by atoms with Gasteiger partial charge in [-0.05, 0) is 12.1 Å². The van der Waals surface area contributed by atoms with Gasteiger partial charge in [-0.25, -0.2) is 14.4 Å². The first kappa shape index (κ1) is 15.3. The summed E-state index contributed by atoms with van der Waals surface area (Å²) < 4.78 is 4.44. The minimum Gasteiger partial charge on any atom is -0.478 e. The normalized spacial score (nSPS) is 12.5. The summed E-state index contributed by atoms with van der Waals surface area (Å²) in [5.74, 6) is -3.78. The molecular formula is C17H8O7. The van der Waals surface area contributed by atoms with Crippen molar-refractivity contribution in [2.24, 2.45) is 0 Å². The van der Waals surface area contributed by atoms with Crippen LogP contribution in [-0.2, 0) is 4.74 Å². The van der Waals surface area contributed by atoms with Gasteiger partial charge in [0.1, 0.15) is 0 Å². The zero-order valence-electron chi connectivity index (χ0n) is 11.9. The predicted octanol–water partition coefficient (Wildman–Crippen LogP) is 1.74. The average molecular weight is 324 g/mol. The number of esters is 2. The van der Waals surface area contributed by atoms with Crippen molar-refractivity contribution in [3.05, 3.63) is 69.8 Å². The van der Waals surface area contributed by atoms with Crippen molar-refractivity contribution in [1.29, 1.82) is 0 Å². The lowest BCUT2D eigenvalue weighted by atomic mass is 9.93. The molecule has 0 fully saturated rings. The first-order valence-electron chi connectivity index (χ1n) is 6.70. The van der Waals surface area contributed by atoms with Crippen molar-refractivity contribution in [3.63, 3.8) is 0 Å². The summed E-state index contributed by atoms with van der Waals surface area (Å²) in [5.41, 5.74) is -0.762. The van der Waals surface area contributed by atoms with Gasteiger partial charge >= 0.3 is 17.9 Å². The molecule has 0 aromatic heterocycles. The number of fused-ring (bicyclic) bond motifs is 1. The Morgan fingerprint density at radius 3 is 2.38 bits per heavy atom. The number of carbonyl (C=O) groups is 5. The summed E-state index contributed by atoms with van der Waals surface area (Å²) in [6, 6.07) is 7.67. The van der Waals surface area contributed by atoms with Crippen LogP contribution in [-0.4, -0.2) is 35.1 Å². The predicted molar refractivity (Wildman–Crippen MR) is 78.4 cm³/mol. The number of carbonyl (C=O) groups excluding carboxylic acids is 4. The van der Waals surface area contributed by atoms with Crippen LogP contribution in [0.3, 0.4) is 0 Å². The second-order valence-corrected chi connectivity index (χ2v) is 4.96. The van der Waals surface area contributed by atoms with Gasteiger partial charge in [0, 0.05) is 16.7 Å². The third-order valence-corrected chi connectivity index (χ3v) is 3.59. The third kappa shape index (κ3) is 2.28. The van der Waals surface area contributed by atoms with E-state index in [-0.39, 0.29) is 27.8 Å². The topological polar surface area (TPSA) is 115 Å². The maximum absolute atomic E-state index is 12.6. The number of aldehydes is 1. The molecule has 1 aliphatic heterocycles. The molecule has 0 saturated heterocycles. The second-order valence-electron chi connectivity index (χ2n) is 4.96. The maximum atomic E-state index is 12.6. The molecule has 1 heterocycles. The van der Waals surface area contributed by atoms with Crippen molar-refractivity contribution in [3.8, 4) is 0 Å². The van der Waals surface area contributed by atoms with Gasteiger partial charge in [0.25, 0.3) is 0 Å². The minimum atomic E-state index is -1.42. The largest absolute Gasteiger partial charge is 0.478 e. The Balaban J connectivity index is 2.13. The highest BCUT2D eigenvalue weighted by Gasteiger charge is 2.31. The molecule has 0 spiro atoms. The van der Waals surface area contributed by atoms with E-state index in [4.69, 9.17) is 0 Å². The van der Waals surface area contributed by atoms with Crippen LogP contribution >= 0.6 is 0 Å². The van der Waals surface area contributed by atoms with Gasteiger partial charge in [-0.2, -0.15) is 0 Å². The van der Waals surface area contributed by atoms with Crippen LogP contribution in [0.15, 0.2) is 36.4 Å². The summed E-state index contributed by atoms with van der Waals surface area (Å²) >= 11 is 0. The van der Waals surface area contributed by atoms with E-state index in [1.54, 1.807) is 0 Å². The van der Waals surface area contributed by atoms with Gasteiger partial charge in [0.2, 0.25) is 0 Å². The highest BCUT2D eigenvalue weighted by Crippen LogP contribution is 2.24. The molecule has 24 heavy (non-hydrogen) atoms. The Morgan fingerprint density at radius 2 is 1.71 bits per heavy atom. The maximum Gasteiger partial charge on any atom is 0.346 e. The van der Waals surface area contributed by atoms with Gasteiger partial charge < -0.3 is 9.84 Å². The summed E-state index contributed by atoms with van der Waals surface area (Å²) in [6.45, 7) is 0. The van der Waals surface area contributed by atoms with E-state index in [9.17, 15) is 29.1 Å². The van der Waals surface area contributed by atoms with Crippen LogP contribution in [0.4, 0.5) is 0 Å². The summed E-state index contributed by atoms with van der Waals surface area (Å²) in [4.78, 5) is 58.0. The molecule has 118 valence electrons. The van der Waals surface area contributed by atoms with E-state index >= 15 is 0 Å². The van der Waals surface area contributed by atoms with Crippen LogP contribution in [0.2, 0.25) is 0 Å². The Bertz CT molecular complexity index is 940. The lowest BCUT2D eigenvalue weighted by Crippen LogP contribution is -2.13. The Morgan fingerprint density at radius 1 is 1.00 bits per heavy atom. The number of hydrogen-bond acceptors (Lipinski definition) is 6. The first-order chi connectivity index (χ1) is 11.4. The molecule has 0 bridgehead atoms. The fraction of sp³-hybridized carbons (Fsp3) is 0. The summed E-state index contributed by atoms with van der Waals surface area (Å²) in [7, 11) is 0. The Kier molecular flexibility index (Phi) is 3.53. The minimum absolute atomic E-state index is 0.00551. The van der Waals surface area contributed by atoms with Gasteiger partial charge in [-0.15, -0.1) is 0 Å². The van der Waals surface area contributed by atoms with E-state index in [1.807, 2.05) is 0 Å². The summed E-state index contributed by atoms with van der Waals surface area (Å²) in [5, 5.41) is 9.28. The van der Waals surface area contributed by atoms with Gasteiger partial charge in [-0.1, -0.05) is 24.3 Å². The van der Waals surface area contributed by atoms with E-state index in [0.29, 0.717) is 6.29 Å². The molecule has 2 aromatic carbocycles. The molecular weight excluding hydrogens is 316 g/mol. The van der Waals surface area contributed by atoms with Crippen LogP contribution in [0, 0.1) is 0 Å². The molecule has 3 rings (SSSR count). The van der Waals surface area contributed by atoms with Crippen molar-refractivity contribution in [2.45, 2.75) is 0 Å². The van der Waals surface area contributed by atoms with Crippen molar-refractivity contribution in [1.82, 2.24) is 0 Å². The molecule has 2 aromatic rings. The molecule has 7 heteroatoms. The van der Waals surface area contributed by atoms with E-state index in [2.05, 4.69) is 4.74 Å². The SMILES string of the molecule is O=Cc1cccc(C(=O)c2ccc3c(c2)C(=O)OC3=O)c1C(=O)O. The van der Waals surface area contributed by atoms with Crippen LogP contribution in [0.5, 0.6) is 0 Å². The lowest BCUT2D eigenvalue weighted by molar-refractivity contribution is 0.0443. The summed E-state index contributed by atoms with van der Waals surface area (Å²) in [6.07, 6.45) is 0.346.